The summed E-state index contributed by atoms with van der Waals surface area (Å²) in [6.07, 6.45) is 2.04. The third-order valence-corrected chi connectivity index (χ3v) is 4.66. The fourth-order valence-corrected chi connectivity index (χ4v) is 3.11. The van der Waals surface area contributed by atoms with E-state index in [4.69, 9.17) is 5.11 Å². The lowest BCUT2D eigenvalue weighted by molar-refractivity contribution is -0.133. The summed E-state index contributed by atoms with van der Waals surface area (Å²) in [6, 6.07) is 7.06. The predicted octanol–water partition coefficient (Wildman–Crippen LogP) is 2.43. The predicted molar refractivity (Wildman–Crippen MR) is 89.7 cm³/mol. The summed E-state index contributed by atoms with van der Waals surface area (Å²) in [5.41, 5.74) is 1.43. The second-order valence-electron chi connectivity index (χ2n) is 6.07. The molecule has 0 bridgehead atoms. The fourth-order valence-electron chi connectivity index (χ4n) is 3.11. The number of benzene rings is 1. The topological polar surface area (TPSA) is 60.9 Å². The molecule has 2 rings (SSSR count). The van der Waals surface area contributed by atoms with Gasteiger partial charge in [0.2, 0.25) is 5.91 Å². The van der Waals surface area contributed by atoms with Crippen molar-refractivity contribution in [2.75, 3.05) is 32.7 Å². The number of amides is 1. The van der Waals surface area contributed by atoms with E-state index in [1.54, 1.807) is 12.1 Å². The average Bonchev–Trinajstić information content (AvgIpc) is 2.59. The monoisotopic (exact) mass is 318 g/mol. The van der Waals surface area contributed by atoms with Crippen LogP contribution >= 0.6 is 0 Å². The van der Waals surface area contributed by atoms with Crippen molar-refractivity contribution in [1.29, 1.82) is 0 Å². The van der Waals surface area contributed by atoms with Crippen LogP contribution in [0.1, 0.15) is 48.5 Å². The van der Waals surface area contributed by atoms with Crippen LogP contribution in [-0.2, 0) is 4.79 Å². The third kappa shape index (κ3) is 4.55. The van der Waals surface area contributed by atoms with Gasteiger partial charge in [-0.05, 0) is 43.6 Å². The van der Waals surface area contributed by atoms with E-state index in [2.05, 4.69) is 18.7 Å². The maximum absolute atomic E-state index is 12.5. The number of likely N-dealkylation sites (tertiary alicyclic amines) is 1. The number of rotatable bonds is 6. The molecule has 0 aliphatic carbocycles. The Balaban J connectivity index is 1.99. The molecule has 0 aromatic heterocycles. The van der Waals surface area contributed by atoms with Crippen LogP contribution in [0.2, 0.25) is 0 Å². The zero-order chi connectivity index (χ0) is 16.8. The molecule has 0 spiro atoms. The highest BCUT2D eigenvalue weighted by Gasteiger charge is 2.25. The first-order valence-corrected chi connectivity index (χ1v) is 8.38. The quantitative estimate of drug-likeness (QED) is 0.875. The van der Waals surface area contributed by atoms with Gasteiger partial charge in [0.1, 0.15) is 0 Å². The minimum Gasteiger partial charge on any atom is -0.478 e. The van der Waals surface area contributed by atoms with Gasteiger partial charge >= 0.3 is 5.97 Å². The Kier molecular flexibility index (Phi) is 6.16. The number of carboxylic acids is 1. The minimum atomic E-state index is -0.906. The lowest BCUT2D eigenvalue weighted by atomic mass is 9.90. The van der Waals surface area contributed by atoms with E-state index in [0.717, 1.165) is 44.6 Å². The summed E-state index contributed by atoms with van der Waals surface area (Å²) in [5.74, 6) is -0.413. The number of carbonyl (C=O) groups excluding carboxylic acids is 1. The van der Waals surface area contributed by atoms with Gasteiger partial charge in [0.05, 0.1) is 12.1 Å². The molecule has 5 heteroatoms. The van der Waals surface area contributed by atoms with Crippen LogP contribution in [-0.4, -0.2) is 59.5 Å². The highest BCUT2D eigenvalue weighted by Crippen LogP contribution is 2.27. The maximum Gasteiger partial charge on any atom is 0.335 e. The van der Waals surface area contributed by atoms with E-state index in [1.807, 2.05) is 17.0 Å². The standard InChI is InChI=1S/C18H26N2O3/c1-3-19(4-2)13-17(21)20-11-5-6-16(12-20)14-7-9-15(10-8-14)18(22)23/h7-10,16H,3-6,11-13H2,1-2H3,(H,22,23). The van der Waals surface area contributed by atoms with Gasteiger partial charge in [-0.3, -0.25) is 9.69 Å². The van der Waals surface area contributed by atoms with Crippen molar-refractivity contribution in [2.45, 2.75) is 32.6 Å². The van der Waals surface area contributed by atoms with E-state index in [0.29, 0.717) is 18.0 Å². The van der Waals surface area contributed by atoms with Crippen LogP contribution < -0.4 is 0 Å². The second-order valence-corrected chi connectivity index (χ2v) is 6.07. The SMILES string of the molecule is CCN(CC)CC(=O)N1CCCC(c2ccc(C(=O)O)cc2)C1. The summed E-state index contributed by atoms with van der Waals surface area (Å²) in [6.45, 7) is 7.94. The Morgan fingerprint density at radius 2 is 1.87 bits per heavy atom. The fraction of sp³-hybridized carbons (Fsp3) is 0.556. The molecule has 1 N–H and O–H groups in total. The lowest BCUT2D eigenvalue weighted by Crippen LogP contribution is -2.44. The van der Waals surface area contributed by atoms with Gasteiger partial charge < -0.3 is 10.0 Å². The number of aromatic carboxylic acids is 1. The largest absolute Gasteiger partial charge is 0.478 e. The van der Waals surface area contributed by atoms with Crippen LogP contribution in [0.4, 0.5) is 0 Å². The van der Waals surface area contributed by atoms with Gasteiger partial charge in [-0.2, -0.15) is 0 Å². The van der Waals surface area contributed by atoms with Crippen molar-refractivity contribution in [3.8, 4) is 0 Å². The van der Waals surface area contributed by atoms with E-state index in [1.165, 1.54) is 0 Å². The smallest absolute Gasteiger partial charge is 0.335 e. The second kappa shape index (κ2) is 8.11. The first kappa shape index (κ1) is 17.5. The molecule has 1 amide bonds. The summed E-state index contributed by atoms with van der Waals surface area (Å²) >= 11 is 0. The molecule has 1 aliphatic heterocycles. The highest BCUT2D eigenvalue weighted by atomic mass is 16.4. The summed E-state index contributed by atoms with van der Waals surface area (Å²) in [5, 5.41) is 8.97. The number of nitrogens with zero attached hydrogens (tertiary/aromatic N) is 2. The number of likely N-dealkylation sites (N-methyl/N-ethyl adjacent to an activating group) is 1. The minimum absolute atomic E-state index is 0.195. The van der Waals surface area contributed by atoms with Gasteiger partial charge in [0, 0.05) is 19.0 Å². The Bertz CT molecular complexity index is 538. The van der Waals surface area contributed by atoms with Crippen LogP contribution in [0, 0.1) is 0 Å². The van der Waals surface area contributed by atoms with Crippen molar-refractivity contribution >= 4 is 11.9 Å². The first-order chi connectivity index (χ1) is 11.0. The molecule has 1 heterocycles. The van der Waals surface area contributed by atoms with Crippen molar-refractivity contribution in [3.05, 3.63) is 35.4 Å². The molecule has 1 aromatic carbocycles. The summed E-state index contributed by atoms with van der Waals surface area (Å²) < 4.78 is 0. The van der Waals surface area contributed by atoms with Crippen molar-refractivity contribution < 1.29 is 14.7 Å². The Labute approximate surface area is 137 Å². The Morgan fingerprint density at radius 1 is 1.22 bits per heavy atom. The Morgan fingerprint density at radius 3 is 2.43 bits per heavy atom. The number of piperidine rings is 1. The number of hydrogen-bond acceptors (Lipinski definition) is 3. The van der Waals surface area contributed by atoms with Crippen LogP contribution in [0.5, 0.6) is 0 Å². The van der Waals surface area contributed by atoms with Gasteiger partial charge in [0.15, 0.2) is 0 Å². The zero-order valence-electron chi connectivity index (χ0n) is 14.0. The van der Waals surface area contributed by atoms with Crippen molar-refractivity contribution in [1.82, 2.24) is 9.80 Å². The molecular formula is C18H26N2O3. The first-order valence-electron chi connectivity index (χ1n) is 8.38. The highest BCUT2D eigenvalue weighted by molar-refractivity contribution is 5.87. The van der Waals surface area contributed by atoms with Crippen molar-refractivity contribution in [2.24, 2.45) is 0 Å². The van der Waals surface area contributed by atoms with Crippen molar-refractivity contribution in [3.63, 3.8) is 0 Å². The van der Waals surface area contributed by atoms with Gasteiger partial charge in [0.25, 0.3) is 0 Å². The Hall–Kier alpha value is -1.88. The van der Waals surface area contributed by atoms with Gasteiger partial charge in [-0.25, -0.2) is 4.79 Å². The average molecular weight is 318 g/mol. The molecule has 1 aliphatic rings. The summed E-state index contributed by atoms with van der Waals surface area (Å²) in [4.78, 5) is 27.5. The molecule has 0 saturated carbocycles. The van der Waals surface area contributed by atoms with Gasteiger partial charge in [-0.15, -0.1) is 0 Å². The molecule has 1 unspecified atom stereocenters. The maximum atomic E-state index is 12.5. The van der Waals surface area contributed by atoms with Crippen LogP contribution in [0.3, 0.4) is 0 Å². The molecule has 1 saturated heterocycles. The van der Waals surface area contributed by atoms with E-state index < -0.39 is 5.97 Å². The molecule has 0 radical (unpaired) electrons. The molecule has 126 valence electrons. The zero-order valence-corrected chi connectivity index (χ0v) is 14.0. The number of hydrogen-bond donors (Lipinski definition) is 1. The number of carbonyl (C=O) groups is 2. The molecule has 1 atom stereocenters. The van der Waals surface area contributed by atoms with E-state index in [9.17, 15) is 9.59 Å². The van der Waals surface area contributed by atoms with Crippen LogP contribution in [0.25, 0.3) is 0 Å². The normalized spacial score (nSPS) is 18.2. The number of carboxylic acid groups (broad SMARTS) is 1. The van der Waals surface area contributed by atoms with Gasteiger partial charge in [-0.1, -0.05) is 26.0 Å². The van der Waals surface area contributed by atoms with Crippen LogP contribution in [0.15, 0.2) is 24.3 Å². The molecule has 1 fully saturated rings. The van der Waals surface area contributed by atoms with E-state index in [-0.39, 0.29) is 5.91 Å². The molecular weight excluding hydrogens is 292 g/mol. The van der Waals surface area contributed by atoms with E-state index >= 15 is 0 Å². The third-order valence-electron chi connectivity index (χ3n) is 4.66. The molecule has 1 aromatic rings. The molecule has 5 nitrogen and oxygen atoms in total. The lowest BCUT2D eigenvalue weighted by Gasteiger charge is -2.34. The summed E-state index contributed by atoms with van der Waals surface area (Å²) in [7, 11) is 0. The molecule has 23 heavy (non-hydrogen) atoms.